The van der Waals surface area contributed by atoms with E-state index in [4.69, 9.17) is 0 Å². The first-order chi connectivity index (χ1) is 9.20. The van der Waals surface area contributed by atoms with E-state index in [2.05, 4.69) is 19.4 Å². The smallest absolute Gasteiger partial charge is 1.00 e. The molecule has 0 atom stereocenters. The molecule has 0 heterocycles. The summed E-state index contributed by atoms with van der Waals surface area (Å²) in [6, 6.07) is 0. The molecule has 19 heteroatoms. The van der Waals surface area contributed by atoms with Crippen molar-refractivity contribution in [2.45, 2.75) is 27.7 Å². The maximum atomic E-state index is 10.8. The van der Waals surface area contributed by atoms with E-state index in [0.29, 0.717) is 10.5 Å². The first kappa shape index (κ1) is 63.3. The maximum absolute atomic E-state index is 10.8. The van der Waals surface area contributed by atoms with Gasteiger partial charge in [-0.15, -0.1) is 0 Å². The molecule has 0 aromatic heterocycles. The molecule has 0 aromatic rings. The van der Waals surface area contributed by atoms with E-state index in [1.807, 2.05) is 0 Å². The third kappa shape index (κ3) is 44.6. The quantitative estimate of drug-likeness (QED) is 0.216. The Balaban J connectivity index is -0.0000000501. The second-order valence-corrected chi connectivity index (χ2v) is 3.44. The van der Waals surface area contributed by atoms with Crippen molar-refractivity contribution in [2.24, 2.45) is 0 Å². The standard InChI is InChI=1S/C10H16N2O8.Ca.4ClH.2Na.2H2O/c1-7(13)17-11(18-8(2)14)5-6-12(19-9(3)15)20-10(4)16;;;;;;;;;/h5-6H2,1-4H3;;4*1H;;;2*1H2/q;+2;;;;;2*+1;;/p-4. The van der Waals surface area contributed by atoms with E-state index < -0.39 is 23.9 Å². The van der Waals surface area contributed by atoms with E-state index >= 15 is 0 Å². The summed E-state index contributed by atoms with van der Waals surface area (Å²) in [5.41, 5.74) is 0. The van der Waals surface area contributed by atoms with Crippen LogP contribution in [0, 0.1) is 0 Å². The van der Waals surface area contributed by atoms with Crippen LogP contribution in [0.4, 0.5) is 0 Å². The number of hydrogen-bond acceptors (Lipinski definition) is 10. The summed E-state index contributed by atoms with van der Waals surface area (Å²) in [5, 5.41) is 1.15. The van der Waals surface area contributed by atoms with Crippen molar-refractivity contribution < 1.29 is 158 Å². The monoisotopic (exact) mass is 554 g/mol. The molecule has 29 heavy (non-hydrogen) atoms. The van der Waals surface area contributed by atoms with Gasteiger partial charge in [-0.3, -0.25) is 19.2 Å². The molecule has 0 spiro atoms. The zero-order valence-corrected chi connectivity index (χ0v) is 26.0. The normalized spacial score (nSPS) is 6.97. The zero-order chi connectivity index (χ0) is 15.7. The average molecular weight is 556 g/mol. The molecule has 0 aliphatic carbocycles. The summed E-state index contributed by atoms with van der Waals surface area (Å²) in [5.74, 6) is -2.90. The van der Waals surface area contributed by atoms with E-state index in [-0.39, 0.29) is 171 Å². The van der Waals surface area contributed by atoms with Crippen LogP contribution >= 0.6 is 0 Å². The van der Waals surface area contributed by atoms with Crippen molar-refractivity contribution in [3.63, 3.8) is 0 Å². The Hall–Kier alpha value is 2.14. The van der Waals surface area contributed by atoms with Crippen LogP contribution < -0.4 is 109 Å². The first-order valence-electron chi connectivity index (χ1n) is 5.50. The van der Waals surface area contributed by atoms with E-state index in [0.717, 1.165) is 27.7 Å². The Morgan fingerprint density at radius 3 is 0.793 bits per heavy atom. The van der Waals surface area contributed by atoms with Crippen molar-refractivity contribution >= 4 is 61.6 Å². The van der Waals surface area contributed by atoms with Gasteiger partial charge in [0.05, 0.1) is 13.1 Å². The fourth-order valence-corrected chi connectivity index (χ4v) is 0.957. The largest absolute Gasteiger partial charge is 2.00 e. The van der Waals surface area contributed by atoms with Crippen LogP contribution in [0.15, 0.2) is 0 Å². The number of nitrogens with zero attached hydrogens (tertiary/aromatic N) is 2. The molecule has 0 aromatic carbocycles. The summed E-state index contributed by atoms with van der Waals surface area (Å²) >= 11 is 0. The maximum Gasteiger partial charge on any atom is 2.00 e. The third-order valence-corrected chi connectivity index (χ3v) is 1.39. The van der Waals surface area contributed by atoms with Crippen LogP contribution in [0.5, 0.6) is 0 Å². The van der Waals surface area contributed by atoms with Crippen molar-refractivity contribution in [3.05, 3.63) is 0 Å². The Morgan fingerprint density at radius 2 is 0.690 bits per heavy atom. The van der Waals surface area contributed by atoms with E-state index in [9.17, 15) is 19.2 Å². The first-order valence-corrected chi connectivity index (χ1v) is 5.50. The van der Waals surface area contributed by atoms with E-state index in [1.54, 1.807) is 0 Å². The second kappa shape index (κ2) is 37.5. The predicted octanol–water partition coefficient (Wildman–Crippen LogP) is -20.5. The van der Waals surface area contributed by atoms with Crippen molar-refractivity contribution in [2.75, 3.05) is 13.1 Å². The number of carbonyl (C=O) groups excluding carboxylic acids is 4. The summed E-state index contributed by atoms with van der Waals surface area (Å²) < 4.78 is 0. The van der Waals surface area contributed by atoms with Gasteiger partial charge in [-0.25, -0.2) is 0 Å². The minimum atomic E-state index is -0.724. The molecule has 12 nitrogen and oxygen atoms in total. The minimum Gasteiger partial charge on any atom is -1.00 e. The molecular formula is C10H20CaCl4N2Na2O10. The topological polar surface area (TPSA) is 175 Å². The molecule has 0 radical (unpaired) electrons. The molecule has 0 fully saturated rings. The second-order valence-electron chi connectivity index (χ2n) is 3.44. The van der Waals surface area contributed by atoms with Crippen molar-refractivity contribution in [3.8, 4) is 0 Å². The van der Waals surface area contributed by atoms with Crippen LogP contribution in [-0.4, -0.2) is 96.1 Å². The molecule has 0 amide bonds. The van der Waals surface area contributed by atoms with Gasteiger partial charge in [-0.05, 0) is 0 Å². The fourth-order valence-electron chi connectivity index (χ4n) is 0.957. The number of rotatable bonds is 7. The van der Waals surface area contributed by atoms with Gasteiger partial charge >= 0.3 is 121 Å². The van der Waals surface area contributed by atoms with Gasteiger partial charge in [0.25, 0.3) is 0 Å². The van der Waals surface area contributed by atoms with Gasteiger partial charge in [0, 0.05) is 38.1 Å². The number of hydroxylamine groups is 4. The molecule has 0 aliphatic heterocycles. The van der Waals surface area contributed by atoms with Gasteiger partial charge in [0.1, 0.15) is 0 Å². The molecule has 0 saturated heterocycles. The van der Waals surface area contributed by atoms with Gasteiger partial charge in [-0.2, -0.15) is 0 Å². The van der Waals surface area contributed by atoms with Gasteiger partial charge < -0.3 is 79.9 Å². The van der Waals surface area contributed by atoms with Crippen molar-refractivity contribution in [1.29, 1.82) is 0 Å². The molecule has 0 rings (SSSR count). The average Bonchev–Trinajstić information content (AvgIpc) is 2.22. The fraction of sp³-hybridized carbons (Fsp3) is 0.600. The Bertz CT molecular complexity index is 351. The summed E-state index contributed by atoms with van der Waals surface area (Å²) in [7, 11) is 0. The van der Waals surface area contributed by atoms with Crippen LogP contribution in [-0.2, 0) is 38.5 Å². The summed E-state index contributed by atoms with van der Waals surface area (Å²) in [6.45, 7) is 3.97. The minimum absolute atomic E-state index is 0. The predicted molar refractivity (Wildman–Crippen MR) is 73.5 cm³/mol. The Morgan fingerprint density at radius 1 is 0.552 bits per heavy atom. The molecule has 162 valence electrons. The van der Waals surface area contributed by atoms with Crippen LogP contribution in [0.2, 0.25) is 0 Å². The molecule has 0 saturated carbocycles. The number of hydrogen-bond donors (Lipinski definition) is 0. The molecule has 0 unspecified atom stereocenters. The van der Waals surface area contributed by atoms with Crippen LogP contribution in [0.3, 0.4) is 0 Å². The molecule has 4 N–H and O–H groups in total. The Kier molecular flexibility index (Phi) is 81.8. The zero-order valence-electron chi connectivity index (χ0n) is 16.8. The van der Waals surface area contributed by atoms with Gasteiger partial charge in [0.2, 0.25) is 0 Å². The Labute approximate surface area is 267 Å². The molecule has 0 aliphatic rings. The van der Waals surface area contributed by atoms with Crippen LogP contribution in [0.25, 0.3) is 0 Å². The van der Waals surface area contributed by atoms with Gasteiger partial charge in [-0.1, -0.05) is 0 Å². The SMILES string of the molecule is CC(=O)ON(CCN(OC(C)=O)OC(C)=O)OC(C)=O.O.O.[Ca+2].[Cl-].[Cl-].[Cl-].[Cl-].[Na+].[Na+]. The summed E-state index contributed by atoms with van der Waals surface area (Å²) in [6.07, 6.45) is 0. The molecule has 0 bridgehead atoms. The third-order valence-electron chi connectivity index (χ3n) is 1.39. The molecular weight excluding hydrogens is 536 g/mol. The summed E-state index contributed by atoms with van der Waals surface area (Å²) in [4.78, 5) is 61.4. The van der Waals surface area contributed by atoms with Gasteiger partial charge in [0.15, 0.2) is 0 Å². The number of halogens is 4. The van der Waals surface area contributed by atoms with Crippen LogP contribution in [0.1, 0.15) is 27.7 Å². The van der Waals surface area contributed by atoms with Crippen molar-refractivity contribution in [1.82, 2.24) is 10.5 Å². The number of carbonyl (C=O) groups is 4. The van der Waals surface area contributed by atoms with E-state index in [1.165, 1.54) is 0 Å².